The predicted octanol–water partition coefficient (Wildman–Crippen LogP) is 2.41. The fourth-order valence-electron chi connectivity index (χ4n) is 3.09. The number of hydrogen-bond donors (Lipinski definition) is 2. The van der Waals surface area contributed by atoms with Crippen LogP contribution < -0.4 is 10.6 Å². The maximum Gasteiger partial charge on any atom is 0.253 e. The first kappa shape index (κ1) is 14.4. The van der Waals surface area contributed by atoms with Gasteiger partial charge in [-0.05, 0) is 36.4 Å². The highest BCUT2D eigenvalue weighted by atomic mass is 16.2. The quantitative estimate of drug-likeness (QED) is 0.761. The van der Waals surface area contributed by atoms with E-state index in [0.717, 1.165) is 28.1 Å². The lowest BCUT2D eigenvalue weighted by atomic mass is 10.1. The Morgan fingerprint density at radius 2 is 2.00 bits per heavy atom. The SMILES string of the molecule is CC(=O)Nc1ccc(-c2nc3cccc4c3n2CCNC4=O)cc1. The maximum absolute atomic E-state index is 12.2. The van der Waals surface area contributed by atoms with E-state index in [1.807, 2.05) is 42.5 Å². The Morgan fingerprint density at radius 3 is 2.75 bits per heavy atom. The monoisotopic (exact) mass is 320 g/mol. The normalized spacial score (nSPS) is 13.5. The lowest BCUT2D eigenvalue weighted by Crippen LogP contribution is -2.24. The van der Waals surface area contributed by atoms with Crippen molar-refractivity contribution in [2.45, 2.75) is 13.5 Å². The summed E-state index contributed by atoms with van der Waals surface area (Å²) in [6.45, 7) is 2.71. The van der Waals surface area contributed by atoms with Crippen LogP contribution in [-0.4, -0.2) is 27.9 Å². The molecule has 2 amide bonds. The second-order valence-corrected chi connectivity index (χ2v) is 5.77. The van der Waals surface area contributed by atoms with E-state index in [-0.39, 0.29) is 11.8 Å². The van der Waals surface area contributed by atoms with Crippen LogP contribution in [0, 0.1) is 0 Å². The van der Waals surface area contributed by atoms with Gasteiger partial charge in [-0.1, -0.05) is 6.07 Å². The fourth-order valence-corrected chi connectivity index (χ4v) is 3.09. The molecule has 1 aliphatic rings. The van der Waals surface area contributed by atoms with Gasteiger partial charge in [0.25, 0.3) is 5.91 Å². The van der Waals surface area contributed by atoms with Crippen LogP contribution in [0.3, 0.4) is 0 Å². The van der Waals surface area contributed by atoms with Crippen LogP contribution in [0.25, 0.3) is 22.4 Å². The predicted molar refractivity (Wildman–Crippen MR) is 91.8 cm³/mol. The third-order valence-electron chi connectivity index (χ3n) is 4.10. The Kier molecular flexibility index (Phi) is 3.30. The van der Waals surface area contributed by atoms with E-state index >= 15 is 0 Å². The number of carbonyl (C=O) groups is 2. The Balaban J connectivity index is 1.85. The summed E-state index contributed by atoms with van der Waals surface area (Å²) in [5.74, 6) is 0.658. The minimum atomic E-state index is -0.102. The summed E-state index contributed by atoms with van der Waals surface area (Å²) in [5.41, 5.74) is 4.02. The van der Waals surface area contributed by atoms with Gasteiger partial charge in [0.15, 0.2) is 0 Å². The Bertz CT molecular complexity index is 957. The van der Waals surface area contributed by atoms with Crippen molar-refractivity contribution in [3.05, 3.63) is 48.0 Å². The molecular formula is C18H16N4O2. The Hall–Kier alpha value is -3.15. The van der Waals surface area contributed by atoms with Crippen LogP contribution in [-0.2, 0) is 11.3 Å². The average molecular weight is 320 g/mol. The van der Waals surface area contributed by atoms with Crippen molar-refractivity contribution in [3.8, 4) is 11.4 Å². The van der Waals surface area contributed by atoms with Crippen molar-refractivity contribution in [2.24, 2.45) is 0 Å². The first-order valence-electron chi connectivity index (χ1n) is 7.79. The summed E-state index contributed by atoms with van der Waals surface area (Å²) >= 11 is 0. The molecule has 24 heavy (non-hydrogen) atoms. The van der Waals surface area contributed by atoms with E-state index in [1.54, 1.807) is 0 Å². The van der Waals surface area contributed by atoms with Crippen LogP contribution >= 0.6 is 0 Å². The fraction of sp³-hybridized carbons (Fsp3) is 0.167. The Labute approximate surface area is 138 Å². The number of nitrogens with zero attached hydrogens (tertiary/aromatic N) is 2. The van der Waals surface area contributed by atoms with Gasteiger partial charge in [-0.3, -0.25) is 9.59 Å². The highest BCUT2D eigenvalue weighted by Gasteiger charge is 2.21. The lowest BCUT2D eigenvalue weighted by molar-refractivity contribution is -0.114. The molecule has 6 nitrogen and oxygen atoms in total. The van der Waals surface area contributed by atoms with Crippen LogP contribution in [0.4, 0.5) is 5.69 Å². The molecule has 6 heteroatoms. The zero-order valence-electron chi connectivity index (χ0n) is 13.2. The molecule has 2 N–H and O–H groups in total. The average Bonchev–Trinajstić information content (AvgIpc) is 2.84. The van der Waals surface area contributed by atoms with Gasteiger partial charge in [-0.2, -0.15) is 0 Å². The lowest BCUT2D eigenvalue weighted by Gasteiger charge is -2.08. The number of amides is 2. The molecule has 1 aromatic heterocycles. The number of benzene rings is 2. The molecule has 0 fully saturated rings. The van der Waals surface area contributed by atoms with Gasteiger partial charge in [-0.25, -0.2) is 4.98 Å². The number of nitrogens with one attached hydrogen (secondary N) is 2. The van der Waals surface area contributed by atoms with Crippen LogP contribution in [0.2, 0.25) is 0 Å². The number of carbonyl (C=O) groups excluding carboxylic acids is 2. The zero-order valence-corrected chi connectivity index (χ0v) is 13.2. The number of anilines is 1. The van der Waals surface area contributed by atoms with Crippen molar-refractivity contribution in [1.29, 1.82) is 0 Å². The van der Waals surface area contributed by atoms with Gasteiger partial charge in [0, 0.05) is 31.3 Å². The molecule has 0 aliphatic carbocycles. The van der Waals surface area contributed by atoms with Gasteiger partial charge in [-0.15, -0.1) is 0 Å². The number of para-hydroxylation sites is 1. The first-order valence-corrected chi connectivity index (χ1v) is 7.79. The van der Waals surface area contributed by atoms with Crippen LogP contribution in [0.1, 0.15) is 17.3 Å². The smallest absolute Gasteiger partial charge is 0.253 e. The molecule has 3 aromatic rings. The summed E-state index contributed by atoms with van der Waals surface area (Å²) in [7, 11) is 0. The summed E-state index contributed by atoms with van der Waals surface area (Å²) in [6, 6.07) is 13.2. The van der Waals surface area contributed by atoms with Crippen LogP contribution in [0.5, 0.6) is 0 Å². The number of rotatable bonds is 2. The second-order valence-electron chi connectivity index (χ2n) is 5.77. The summed E-state index contributed by atoms with van der Waals surface area (Å²) < 4.78 is 2.08. The standard InChI is InChI=1S/C18H16N4O2/c1-11(23)20-13-7-5-12(6-8-13)17-21-15-4-2-3-14-16(15)22(17)10-9-19-18(14)24/h2-8H,9-10H2,1H3,(H,19,24)(H,20,23). The number of aromatic nitrogens is 2. The van der Waals surface area contributed by atoms with Crippen molar-refractivity contribution in [2.75, 3.05) is 11.9 Å². The minimum Gasteiger partial charge on any atom is -0.350 e. The molecule has 2 heterocycles. The summed E-state index contributed by atoms with van der Waals surface area (Å²) in [5, 5.41) is 5.67. The third-order valence-corrected chi connectivity index (χ3v) is 4.10. The largest absolute Gasteiger partial charge is 0.350 e. The van der Waals surface area contributed by atoms with Crippen LogP contribution in [0.15, 0.2) is 42.5 Å². The molecule has 0 bridgehead atoms. The zero-order chi connectivity index (χ0) is 16.7. The Morgan fingerprint density at radius 1 is 1.21 bits per heavy atom. The van der Waals surface area contributed by atoms with E-state index in [0.29, 0.717) is 18.7 Å². The number of imidazole rings is 1. The summed E-state index contributed by atoms with van der Waals surface area (Å²) in [6.07, 6.45) is 0. The molecule has 2 aromatic carbocycles. The van der Waals surface area contributed by atoms with Crippen molar-refractivity contribution in [1.82, 2.24) is 14.9 Å². The molecule has 4 rings (SSSR count). The van der Waals surface area contributed by atoms with Gasteiger partial charge in [0.1, 0.15) is 5.82 Å². The van der Waals surface area contributed by atoms with E-state index < -0.39 is 0 Å². The summed E-state index contributed by atoms with van der Waals surface area (Å²) in [4.78, 5) is 28.0. The first-order chi connectivity index (χ1) is 11.6. The molecule has 0 saturated heterocycles. The van der Waals surface area contributed by atoms with Gasteiger partial charge < -0.3 is 15.2 Å². The minimum absolute atomic E-state index is 0.0631. The molecule has 0 atom stereocenters. The molecule has 0 spiro atoms. The topological polar surface area (TPSA) is 76.0 Å². The van der Waals surface area contributed by atoms with Crippen molar-refractivity contribution in [3.63, 3.8) is 0 Å². The van der Waals surface area contributed by atoms with E-state index in [9.17, 15) is 9.59 Å². The highest BCUT2D eigenvalue weighted by molar-refractivity contribution is 6.06. The molecule has 120 valence electrons. The van der Waals surface area contributed by atoms with E-state index in [4.69, 9.17) is 4.98 Å². The molecule has 0 saturated carbocycles. The molecule has 1 aliphatic heterocycles. The molecule has 0 unspecified atom stereocenters. The van der Waals surface area contributed by atoms with Gasteiger partial charge in [0.05, 0.1) is 16.6 Å². The number of hydrogen-bond acceptors (Lipinski definition) is 3. The van der Waals surface area contributed by atoms with E-state index in [2.05, 4.69) is 15.2 Å². The third kappa shape index (κ3) is 2.32. The maximum atomic E-state index is 12.2. The van der Waals surface area contributed by atoms with Crippen molar-refractivity contribution < 1.29 is 9.59 Å². The van der Waals surface area contributed by atoms with Gasteiger partial charge in [0.2, 0.25) is 5.91 Å². The molecule has 0 radical (unpaired) electrons. The van der Waals surface area contributed by atoms with E-state index in [1.165, 1.54) is 6.92 Å². The second kappa shape index (κ2) is 5.49. The highest BCUT2D eigenvalue weighted by Crippen LogP contribution is 2.29. The van der Waals surface area contributed by atoms with Gasteiger partial charge >= 0.3 is 0 Å². The molecular weight excluding hydrogens is 304 g/mol. The van der Waals surface area contributed by atoms with Crippen molar-refractivity contribution >= 4 is 28.5 Å².